The number of oxime groups is 1. The number of rotatable bonds is 3. The van der Waals surface area contributed by atoms with Gasteiger partial charge in [0.1, 0.15) is 5.75 Å². The average Bonchev–Trinajstić information content (AvgIpc) is 2.58. The molecule has 2 rings (SSSR count). The Balaban J connectivity index is 2.38. The van der Waals surface area contributed by atoms with E-state index >= 15 is 0 Å². The lowest BCUT2D eigenvalue weighted by Gasteiger charge is -2.06. The van der Waals surface area contributed by atoms with E-state index < -0.39 is 0 Å². The maximum Gasteiger partial charge on any atom is 0.226 e. The van der Waals surface area contributed by atoms with Gasteiger partial charge in [-0.2, -0.15) is 5.10 Å². The van der Waals surface area contributed by atoms with Crippen molar-refractivity contribution in [2.75, 3.05) is 0 Å². The van der Waals surface area contributed by atoms with Gasteiger partial charge in [0.25, 0.3) is 0 Å². The molecular formula is C12H13N3O2. The first-order valence-corrected chi connectivity index (χ1v) is 5.16. The van der Waals surface area contributed by atoms with Crippen LogP contribution in [0.5, 0.6) is 11.6 Å². The van der Waals surface area contributed by atoms with Crippen molar-refractivity contribution >= 4 is 6.21 Å². The molecule has 0 aliphatic heterocycles. The highest BCUT2D eigenvalue weighted by Gasteiger charge is 2.13. The van der Waals surface area contributed by atoms with Gasteiger partial charge in [-0.25, -0.2) is 4.68 Å². The van der Waals surface area contributed by atoms with E-state index in [-0.39, 0.29) is 0 Å². The van der Waals surface area contributed by atoms with Crippen LogP contribution < -0.4 is 4.74 Å². The van der Waals surface area contributed by atoms with Gasteiger partial charge in [0.15, 0.2) is 0 Å². The van der Waals surface area contributed by atoms with Crippen LogP contribution >= 0.6 is 0 Å². The zero-order chi connectivity index (χ0) is 12.3. The monoisotopic (exact) mass is 231 g/mol. The predicted octanol–water partition coefficient (Wildman–Crippen LogP) is 2.33. The van der Waals surface area contributed by atoms with Gasteiger partial charge in [-0.15, -0.1) is 0 Å². The van der Waals surface area contributed by atoms with Gasteiger partial charge in [-0.3, -0.25) is 0 Å². The molecule has 17 heavy (non-hydrogen) atoms. The van der Waals surface area contributed by atoms with Crippen LogP contribution in [-0.4, -0.2) is 21.2 Å². The van der Waals surface area contributed by atoms with Crippen molar-refractivity contribution in [2.45, 2.75) is 6.92 Å². The minimum absolute atomic E-state index is 0.548. The fourth-order valence-corrected chi connectivity index (χ4v) is 1.58. The second-order valence-corrected chi connectivity index (χ2v) is 3.59. The van der Waals surface area contributed by atoms with E-state index in [0.717, 1.165) is 5.69 Å². The summed E-state index contributed by atoms with van der Waals surface area (Å²) in [6.45, 7) is 1.83. The molecule has 88 valence electrons. The minimum Gasteiger partial charge on any atom is -0.439 e. The molecule has 0 aliphatic carbocycles. The third-order valence-electron chi connectivity index (χ3n) is 2.36. The molecule has 0 aliphatic rings. The van der Waals surface area contributed by atoms with E-state index in [1.54, 1.807) is 11.7 Å². The van der Waals surface area contributed by atoms with Crippen LogP contribution in [0, 0.1) is 6.92 Å². The molecule has 0 saturated carbocycles. The van der Waals surface area contributed by atoms with Gasteiger partial charge in [0, 0.05) is 7.05 Å². The molecule has 1 N–H and O–H groups in total. The van der Waals surface area contributed by atoms with Gasteiger partial charge in [0.2, 0.25) is 5.88 Å². The second-order valence-electron chi connectivity index (χ2n) is 3.59. The summed E-state index contributed by atoms with van der Waals surface area (Å²) in [7, 11) is 1.78. The minimum atomic E-state index is 0.548. The first kappa shape index (κ1) is 11.2. The average molecular weight is 231 g/mol. The van der Waals surface area contributed by atoms with E-state index in [1.807, 2.05) is 37.3 Å². The lowest BCUT2D eigenvalue weighted by Crippen LogP contribution is -1.96. The first-order valence-electron chi connectivity index (χ1n) is 5.16. The van der Waals surface area contributed by atoms with E-state index in [4.69, 9.17) is 9.94 Å². The van der Waals surface area contributed by atoms with Crippen LogP contribution in [0.2, 0.25) is 0 Å². The molecule has 1 aromatic carbocycles. The molecule has 0 bridgehead atoms. The summed E-state index contributed by atoms with van der Waals surface area (Å²) in [5.74, 6) is 1.26. The highest BCUT2D eigenvalue weighted by atomic mass is 16.5. The van der Waals surface area contributed by atoms with Crippen molar-refractivity contribution in [3.05, 3.63) is 41.6 Å². The molecular weight excluding hydrogens is 218 g/mol. The highest BCUT2D eigenvalue weighted by molar-refractivity contribution is 5.84. The summed E-state index contributed by atoms with van der Waals surface area (Å²) < 4.78 is 7.32. The van der Waals surface area contributed by atoms with E-state index in [0.29, 0.717) is 17.2 Å². The fraction of sp³-hybridized carbons (Fsp3) is 0.167. The first-order chi connectivity index (χ1) is 8.22. The smallest absolute Gasteiger partial charge is 0.226 e. The Morgan fingerprint density at radius 2 is 2.06 bits per heavy atom. The number of aryl methyl sites for hydroxylation is 2. The van der Waals surface area contributed by atoms with E-state index in [2.05, 4.69) is 10.3 Å². The summed E-state index contributed by atoms with van der Waals surface area (Å²) in [4.78, 5) is 0. The highest BCUT2D eigenvalue weighted by Crippen LogP contribution is 2.25. The Kier molecular flexibility index (Phi) is 3.09. The molecule has 0 radical (unpaired) electrons. The quantitative estimate of drug-likeness (QED) is 0.501. The fourth-order valence-electron chi connectivity index (χ4n) is 1.58. The molecule has 1 heterocycles. The number of nitrogens with zero attached hydrogens (tertiary/aromatic N) is 3. The maximum atomic E-state index is 8.62. The Morgan fingerprint density at radius 3 is 2.71 bits per heavy atom. The number of ether oxygens (including phenoxy) is 1. The number of para-hydroxylation sites is 1. The van der Waals surface area contributed by atoms with Crippen molar-refractivity contribution < 1.29 is 9.94 Å². The molecule has 2 aromatic rings. The summed E-state index contributed by atoms with van der Waals surface area (Å²) in [5, 5.41) is 15.9. The van der Waals surface area contributed by atoms with Crippen molar-refractivity contribution in [2.24, 2.45) is 12.2 Å². The van der Waals surface area contributed by atoms with Crippen LogP contribution in [0.15, 0.2) is 35.5 Å². The Morgan fingerprint density at radius 1 is 1.35 bits per heavy atom. The Bertz CT molecular complexity index is 532. The lowest BCUT2D eigenvalue weighted by molar-refractivity contribution is 0.321. The van der Waals surface area contributed by atoms with Crippen LogP contribution in [0.4, 0.5) is 0 Å². The number of aromatic nitrogens is 2. The summed E-state index contributed by atoms with van der Waals surface area (Å²) in [6, 6.07) is 9.39. The molecule has 0 unspecified atom stereocenters. The molecule has 0 spiro atoms. The summed E-state index contributed by atoms with van der Waals surface area (Å²) in [5.41, 5.74) is 1.41. The topological polar surface area (TPSA) is 59.6 Å². The van der Waals surface area contributed by atoms with E-state index in [9.17, 15) is 0 Å². The van der Waals surface area contributed by atoms with Crippen LogP contribution in [0.3, 0.4) is 0 Å². The lowest BCUT2D eigenvalue weighted by atomic mass is 10.3. The summed E-state index contributed by atoms with van der Waals surface area (Å²) >= 11 is 0. The third kappa shape index (κ3) is 2.28. The van der Waals surface area contributed by atoms with Crippen molar-refractivity contribution in [3.8, 4) is 11.6 Å². The second kappa shape index (κ2) is 4.69. The largest absolute Gasteiger partial charge is 0.439 e. The van der Waals surface area contributed by atoms with Gasteiger partial charge < -0.3 is 9.94 Å². The number of benzene rings is 1. The zero-order valence-corrected chi connectivity index (χ0v) is 9.66. The van der Waals surface area contributed by atoms with Crippen molar-refractivity contribution in [1.82, 2.24) is 9.78 Å². The van der Waals surface area contributed by atoms with Crippen LogP contribution in [-0.2, 0) is 7.05 Å². The molecule has 5 nitrogen and oxygen atoms in total. The molecule has 0 atom stereocenters. The van der Waals surface area contributed by atoms with Crippen molar-refractivity contribution in [1.29, 1.82) is 0 Å². The molecule has 1 aromatic heterocycles. The molecule has 0 saturated heterocycles. The van der Waals surface area contributed by atoms with Crippen molar-refractivity contribution in [3.63, 3.8) is 0 Å². The normalized spacial score (nSPS) is 10.9. The predicted molar refractivity (Wildman–Crippen MR) is 63.8 cm³/mol. The maximum absolute atomic E-state index is 8.62. The SMILES string of the molecule is Cc1nn(C)c(Oc2ccccc2)c1/C=N/O. The molecule has 0 amide bonds. The van der Waals surface area contributed by atoms with Gasteiger partial charge >= 0.3 is 0 Å². The van der Waals surface area contributed by atoms with Crippen LogP contribution in [0.1, 0.15) is 11.3 Å². The number of hydrogen-bond acceptors (Lipinski definition) is 4. The third-order valence-corrected chi connectivity index (χ3v) is 2.36. The molecule has 5 heteroatoms. The Labute approximate surface area is 98.9 Å². The van der Waals surface area contributed by atoms with Gasteiger partial charge in [0.05, 0.1) is 17.5 Å². The van der Waals surface area contributed by atoms with Gasteiger partial charge in [-0.1, -0.05) is 23.4 Å². The molecule has 0 fully saturated rings. The standard InChI is InChI=1S/C12H13N3O2/c1-9-11(8-13-16)12(15(2)14-9)17-10-6-4-3-5-7-10/h3-8,16H,1-2H3/b13-8+. The Hall–Kier alpha value is -2.30. The van der Waals surface area contributed by atoms with Crippen LogP contribution in [0.25, 0.3) is 0 Å². The summed E-state index contributed by atoms with van der Waals surface area (Å²) in [6.07, 6.45) is 1.32. The van der Waals surface area contributed by atoms with E-state index in [1.165, 1.54) is 6.21 Å². The zero-order valence-electron chi connectivity index (χ0n) is 9.66. The van der Waals surface area contributed by atoms with Gasteiger partial charge in [-0.05, 0) is 19.1 Å². The number of hydrogen-bond donors (Lipinski definition) is 1.